The van der Waals surface area contributed by atoms with E-state index in [0.717, 1.165) is 5.69 Å². The normalized spacial score (nSPS) is 19.9. The SMILES string of the molecule is NC(c1ccc(F)cn1)C1CCCC1. The van der Waals surface area contributed by atoms with E-state index in [9.17, 15) is 4.39 Å². The predicted octanol–water partition coefficient (Wildman–Crippen LogP) is 2.41. The molecule has 14 heavy (non-hydrogen) atoms. The number of rotatable bonds is 2. The summed E-state index contributed by atoms with van der Waals surface area (Å²) < 4.78 is 12.6. The number of nitrogens with zero attached hydrogens (tertiary/aromatic N) is 1. The minimum absolute atomic E-state index is 0.0156. The Balaban J connectivity index is 2.09. The lowest BCUT2D eigenvalue weighted by molar-refractivity contribution is 0.435. The van der Waals surface area contributed by atoms with Gasteiger partial charge >= 0.3 is 0 Å². The highest BCUT2D eigenvalue weighted by molar-refractivity contribution is 5.10. The van der Waals surface area contributed by atoms with Crippen LogP contribution < -0.4 is 5.73 Å². The van der Waals surface area contributed by atoms with Crippen molar-refractivity contribution in [2.75, 3.05) is 0 Å². The molecule has 1 aromatic heterocycles. The minimum atomic E-state index is -0.299. The van der Waals surface area contributed by atoms with E-state index in [0.29, 0.717) is 5.92 Å². The molecule has 2 rings (SSSR count). The molecule has 0 saturated heterocycles. The van der Waals surface area contributed by atoms with Gasteiger partial charge in [-0.05, 0) is 30.9 Å². The zero-order valence-electron chi connectivity index (χ0n) is 8.12. The van der Waals surface area contributed by atoms with Crippen LogP contribution in [0, 0.1) is 11.7 Å². The van der Waals surface area contributed by atoms with Gasteiger partial charge in [-0.3, -0.25) is 4.98 Å². The van der Waals surface area contributed by atoms with Gasteiger partial charge in [-0.1, -0.05) is 12.8 Å². The van der Waals surface area contributed by atoms with Crippen LogP contribution in [0.25, 0.3) is 0 Å². The molecule has 1 fully saturated rings. The second-order valence-corrected chi connectivity index (χ2v) is 3.97. The molecule has 0 spiro atoms. The number of hydrogen-bond acceptors (Lipinski definition) is 2. The quantitative estimate of drug-likeness (QED) is 0.785. The second-order valence-electron chi connectivity index (χ2n) is 3.97. The van der Waals surface area contributed by atoms with Crippen LogP contribution in [-0.4, -0.2) is 4.98 Å². The van der Waals surface area contributed by atoms with E-state index >= 15 is 0 Å². The first-order chi connectivity index (χ1) is 6.77. The molecule has 2 nitrogen and oxygen atoms in total. The summed E-state index contributed by atoms with van der Waals surface area (Å²) >= 11 is 0. The second kappa shape index (κ2) is 4.05. The maximum absolute atomic E-state index is 12.6. The third-order valence-corrected chi connectivity index (χ3v) is 3.00. The molecule has 0 radical (unpaired) electrons. The van der Waals surface area contributed by atoms with Crippen LogP contribution in [0.3, 0.4) is 0 Å². The molecule has 2 N–H and O–H groups in total. The summed E-state index contributed by atoms with van der Waals surface area (Å²) in [6.45, 7) is 0. The van der Waals surface area contributed by atoms with E-state index < -0.39 is 0 Å². The number of hydrogen-bond donors (Lipinski definition) is 1. The fourth-order valence-corrected chi connectivity index (χ4v) is 2.14. The fourth-order valence-electron chi connectivity index (χ4n) is 2.14. The average Bonchev–Trinajstić information content (AvgIpc) is 2.71. The summed E-state index contributed by atoms with van der Waals surface area (Å²) in [6, 6.07) is 3.10. The molecule has 76 valence electrons. The summed E-state index contributed by atoms with van der Waals surface area (Å²) in [7, 11) is 0. The molecule has 0 aliphatic heterocycles. The summed E-state index contributed by atoms with van der Waals surface area (Å²) in [5.41, 5.74) is 6.88. The van der Waals surface area contributed by atoms with Crippen molar-refractivity contribution < 1.29 is 4.39 Å². The lowest BCUT2D eigenvalue weighted by atomic mass is 9.96. The van der Waals surface area contributed by atoms with Crippen molar-refractivity contribution >= 4 is 0 Å². The van der Waals surface area contributed by atoms with Gasteiger partial charge in [0.05, 0.1) is 11.9 Å². The first-order valence-electron chi connectivity index (χ1n) is 5.14. The van der Waals surface area contributed by atoms with Crippen LogP contribution in [0.5, 0.6) is 0 Å². The van der Waals surface area contributed by atoms with Crippen LogP contribution >= 0.6 is 0 Å². The first-order valence-corrected chi connectivity index (χ1v) is 5.14. The Bertz CT molecular complexity index is 291. The molecule has 1 unspecified atom stereocenters. The Morgan fingerprint density at radius 1 is 1.36 bits per heavy atom. The van der Waals surface area contributed by atoms with Gasteiger partial charge in [-0.2, -0.15) is 0 Å². The molecule has 0 aromatic carbocycles. The standard InChI is InChI=1S/C11H15FN2/c12-9-5-6-10(14-7-9)11(13)8-3-1-2-4-8/h5-8,11H,1-4,13H2. The van der Waals surface area contributed by atoms with Crippen LogP contribution in [-0.2, 0) is 0 Å². The van der Waals surface area contributed by atoms with Crippen molar-refractivity contribution in [3.63, 3.8) is 0 Å². The smallest absolute Gasteiger partial charge is 0.141 e. The highest BCUT2D eigenvalue weighted by Crippen LogP contribution is 2.33. The van der Waals surface area contributed by atoms with E-state index in [1.807, 2.05) is 0 Å². The topological polar surface area (TPSA) is 38.9 Å². The lowest BCUT2D eigenvalue weighted by Gasteiger charge is -2.17. The Morgan fingerprint density at radius 3 is 2.64 bits per heavy atom. The predicted molar refractivity (Wildman–Crippen MR) is 53.1 cm³/mol. The molecular formula is C11H15FN2. The van der Waals surface area contributed by atoms with Crippen LogP contribution in [0.4, 0.5) is 4.39 Å². The molecular weight excluding hydrogens is 179 g/mol. The van der Waals surface area contributed by atoms with Crippen molar-refractivity contribution in [2.24, 2.45) is 11.7 Å². The van der Waals surface area contributed by atoms with Gasteiger partial charge in [0.1, 0.15) is 5.82 Å². The maximum Gasteiger partial charge on any atom is 0.141 e. The monoisotopic (exact) mass is 194 g/mol. The molecule has 1 aliphatic rings. The van der Waals surface area contributed by atoms with E-state index in [4.69, 9.17) is 5.73 Å². The highest BCUT2D eigenvalue weighted by atomic mass is 19.1. The molecule has 3 heteroatoms. The molecule has 1 saturated carbocycles. The van der Waals surface area contributed by atoms with Crippen molar-refractivity contribution in [2.45, 2.75) is 31.7 Å². The highest BCUT2D eigenvalue weighted by Gasteiger charge is 2.23. The number of halogens is 1. The Labute approximate surface area is 83.3 Å². The fraction of sp³-hybridized carbons (Fsp3) is 0.545. The van der Waals surface area contributed by atoms with Gasteiger partial charge in [-0.25, -0.2) is 4.39 Å². The third kappa shape index (κ3) is 1.93. The van der Waals surface area contributed by atoms with Crippen molar-refractivity contribution in [1.29, 1.82) is 0 Å². The average molecular weight is 194 g/mol. The van der Waals surface area contributed by atoms with E-state index in [1.165, 1.54) is 37.9 Å². The van der Waals surface area contributed by atoms with Crippen LogP contribution in [0.15, 0.2) is 18.3 Å². The Kier molecular flexibility index (Phi) is 2.77. The molecule has 1 atom stereocenters. The summed E-state index contributed by atoms with van der Waals surface area (Å²) in [6.07, 6.45) is 6.13. The van der Waals surface area contributed by atoms with E-state index in [-0.39, 0.29) is 11.9 Å². The van der Waals surface area contributed by atoms with Gasteiger partial charge in [0.2, 0.25) is 0 Å². The minimum Gasteiger partial charge on any atom is -0.322 e. The molecule has 0 bridgehead atoms. The molecule has 1 aliphatic carbocycles. The zero-order chi connectivity index (χ0) is 9.97. The molecule has 0 amide bonds. The zero-order valence-corrected chi connectivity index (χ0v) is 8.12. The summed E-state index contributed by atoms with van der Waals surface area (Å²) in [4.78, 5) is 4.02. The first kappa shape index (κ1) is 9.59. The molecule has 1 aromatic rings. The van der Waals surface area contributed by atoms with Gasteiger partial charge in [0, 0.05) is 6.04 Å². The van der Waals surface area contributed by atoms with E-state index in [2.05, 4.69) is 4.98 Å². The summed E-state index contributed by atoms with van der Waals surface area (Å²) in [5.74, 6) is 0.236. The summed E-state index contributed by atoms with van der Waals surface area (Å²) in [5, 5.41) is 0. The van der Waals surface area contributed by atoms with Gasteiger partial charge in [-0.15, -0.1) is 0 Å². The van der Waals surface area contributed by atoms with E-state index in [1.54, 1.807) is 6.07 Å². The maximum atomic E-state index is 12.6. The molecule has 1 heterocycles. The van der Waals surface area contributed by atoms with Gasteiger partial charge in [0.25, 0.3) is 0 Å². The van der Waals surface area contributed by atoms with Crippen LogP contribution in [0.1, 0.15) is 37.4 Å². The third-order valence-electron chi connectivity index (χ3n) is 3.00. The van der Waals surface area contributed by atoms with Crippen molar-refractivity contribution in [1.82, 2.24) is 4.98 Å². The van der Waals surface area contributed by atoms with Crippen molar-refractivity contribution in [3.05, 3.63) is 29.8 Å². The number of aromatic nitrogens is 1. The number of nitrogens with two attached hydrogens (primary N) is 1. The largest absolute Gasteiger partial charge is 0.322 e. The lowest BCUT2D eigenvalue weighted by Crippen LogP contribution is -2.20. The Morgan fingerprint density at radius 2 is 2.07 bits per heavy atom. The van der Waals surface area contributed by atoms with Gasteiger partial charge in [0.15, 0.2) is 0 Å². The van der Waals surface area contributed by atoms with Crippen LogP contribution in [0.2, 0.25) is 0 Å². The Hall–Kier alpha value is -0.960. The van der Waals surface area contributed by atoms with Crippen molar-refractivity contribution in [3.8, 4) is 0 Å². The number of pyridine rings is 1. The van der Waals surface area contributed by atoms with Gasteiger partial charge < -0.3 is 5.73 Å².